The first-order valence-electron chi connectivity index (χ1n) is 8.17. The Bertz CT molecular complexity index is 853. The summed E-state index contributed by atoms with van der Waals surface area (Å²) in [7, 11) is -2.32. The van der Waals surface area contributed by atoms with Gasteiger partial charge in [0.25, 0.3) is 0 Å². The van der Waals surface area contributed by atoms with E-state index in [1.807, 2.05) is 31.2 Å². The van der Waals surface area contributed by atoms with Crippen LogP contribution in [-0.4, -0.2) is 31.8 Å². The first-order chi connectivity index (χ1) is 11.9. The number of rotatable bonds is 6. The third-order valence-corrected chi connectivity index (χ3v) is 6.21. The fraction of sp³-hybridized carbons (Fsp3) is 0.316. The van der Waals surface area contributed by atoms with Gasteiger partial charge in [-0.1, -0.05) is 29.8 Å². The zero-order valence-electron chi connectivity index (χ0n) is 14.3. The molecule has 25 heavy (non-hydrogen) atoms. The molecule has 0 heterocycles. The summed E-state index contributed by atoms with van der Waals surface area (Å²) in [4.78, 5) is 11.7. The molecule has 1 aliphatic rings. The van der Waals surface area contributed by atoms with Crippen molar-refractivity contribution in [1.29, 1.82) is 0 Å². The average Bonchev–Trinajstić information content (AvgIpc) is 3.45. The summed E-state index contributed by atoms with van der Waals surface area (Å²) in [5.41, 5.74) is 2.44. The van der Waals surface area contributed by atoms with Crippen molar-refractivity contribution in [2.24, 2.45) is 0 Å². The Kier molecular flexibility index (Phi) is 4.92. The lowest BCUT2D eigenvalue weighted by atomic mass is 10.1. The van der Waals surface area contributed by atoms with Crippen LogP contribution in [0.25, 0.3) is 0 Å². The molecule has 0 atom stereocenters. The van der Waals surface area contributed by atoms with Crippen LogP contribution in [0.3, 0.4) is 0 Å². The summed E-state index contributed by atoms with van der Waals surface area (Å²) < 4.78 is 32.3. The number of hydrogen-bond acceptors (Lipinski definition) is 4. The van der Waals surface area contributed by atoms with Gasteiger partial charge in [0.2, 0.25) is 10.0 Å². The lowest BCUT2D eigenvalue weighted by Gasteiger charge is -2.22. The number of sulfonamides is 1. The number of benzene rings is 2. The molecule has 2 aromatic carbocycles. The number of carbonyl (C=O) groups excluding carboxylic acids is 1. The minimum Gasteiger partial charge on any atom is -0.465 e. The molecule has 0 spiro atoms. The predicted octanol–water partition coefficient (Wildman–Crippen LogP) is 3.13. The highest BCUT2D eigenvalue weighted by molar-refractivity contribution is 7.89. The van der Waals surface area contributed by atoms with E-state index in [0.29, 0.717) is 12.1 Å². The standard InChI is InChI=1S/C19H21NO4S/c1-14-3-5-15(6-4-14)13-20(17-9-10-17)25(22,23)18-11-7-16(8-12-18)19(21)24-2/h3-8,11-12,17H,9-10,13H2,1-2H3. The molecule has 0 aliphatic heterocycles. The maximum atomic E-state index is 13.0. The van der Waals surface area contributed by atoms with Gasteiger partial charge < -0.3 is 4.74 Å². The highest BCUT2D eigenvalue weighted by Crippen LogP contribution is 2.33. The van der Waals surface area contributed by atoms with E-state index in [-0.39, 0.29) is 10.9 Å². The Morgan fingerprint density at radius 2 is 1.68 bits per heavy atom. The molecule has 5 nitrogen and oxygen atoms in total. The van der Waals surface area contributed by atoms with Crippen molar-refractivity contribution in [3.63, 3.8) is 0 Å². The second-order valence-corrected chi connectivity index (χ2v) is 8.17. The highest BCUT2D eigenvalue weighted by atomic mass is 32.2. The van der Waals surface area contributed by atoms with Crippen LogP contribution >= 0.6 is 0 Å². The Labute approximate surface area is 148 Å². The van der Waals surface area contributed by atoms with Gasteiger partial charge >= 0.3 is 5.97 Å². The van der Waals surface area contributed by atoms with E-state index in [2.05, 4.69) is 4.74 Å². The second-order valence-electron chi connectivity index (χ2n) is 6.28. The van der Waals surface area contributed by atoms with Gasteiger partial charge in [-0.05, 0) is 49.6 Å². The van der Waals surface area contributed by atoms with Crippen LogP contribution in [0.5, 0.6) is 0 Å². The maximum Gasteiger partial charge on any atom is 0.337 e. The lowest BCUT2D eigenvalue weighted by Crippen LogP contribution is -2.32. The number of ether oxygens (including phenoxy) is 1. The van der Waals surface area contributed by atoms with Crippen molar-refractivity contribution in [1.82, 2.24) is 4.31 Å². The molecule has 2 aromatic rings. The first-order valence-corrected chi connectivity index (χ1v) is 9.61. The molecule has 0 amide bonds. The van der Waals surface area contributed by atoms with Crippen molar-refractivity contribution >= 4 is 16.0 Å². The summed E-state index contributed by atoms with van der Waals surface area (Å²) in [6, 6.07) is 13.8. The molecule has 0 saturated heterocycles. The Balaban J connectivity index is 1.87. The summed E-state index contributed by atoms with van der Waals surface area (Å²) in [5.74, 6) is -0.484. The van der Waals surface area contributed by atoms with Crippen molar-refractivity contribution in [2.45, 2.75) is 37.2 Å². The van der Waals surface area contributed by atoms with Gasteiger partial charge in [0.05, 0.1) is 17.6 Å². The Morgan fingerprint density at radius 1 is 1.08 bits per heavy atom. The SMILES string of the molecule is COC(=O)c1ccc(S(=O)(=O)N(Cc2ccc(C)cc2)C2CC2)cc1. The van der Waals surface area contributed by atoms with Crippen LogP contribution in [0.1, 0.15) is 34.3 Å². The molecule has 0 aromatic heterocycles. The normalized spacial score (nSPS) is 14.5. The van der Waals surface area contributed by atoms with Crippen molar-refractivity contribution in [3.05, 3.63) is 65.2 Å². The molecule has 1 fully saturated rings. The van der Waals surface area contributed by atoms with Crippen LogP contribution in [0.2, 0.25) is 0 Å². The summed E-state index contributed by atoms with van der Waals surface area (Å²) in [6.45, 7) is 2.36. The molecule has 0 bridgehead atoms. The van der Waals surface area contributed by atoms with Crippen LogP contribution < -0.4 is 0 Å². The Morgan fingerprint density at radius 3 is 2.20 bits per heavy atom. The predicted molar refractivity (Wildman–Crippen MR) is 94.7 cm³/mol. The second kappa shape index (κ2) is 6.98. The minimum absolute atomic E-state index is 0.0478. The molecule has 6 heteroatoms. The quantitative estimate of drug-likeness (QED) is 0.744. The zero-order valence-corrected chi connectivity index (χ0v) is 15.1. The van der Waals surface area contributed by atoms with E-state index in [9.17, 15) is 13.2 Å². The van der Waals surface area contributed by atoms with Crippen LogP contribution in [-0.2, 0) is 21.3 Å². The zero-order chi connectivity index (χ0) is 18.0. The fourth-order valence-electron chi connectivity index (χ4n) is 2.66. The molecule has 0 N–H and O–H groups in total. The van der Waals surface area contributed by atoms with Crippen LogP contribution in [0.15, 0.2) is 53.4 Å². The molecule has 0 unspecified atom stereocenters. The minimum atomic E-state index is -3.61. The smallest absolute Gasteiger partial charge is 0.337 e. The van der Waals surface area contributed by atoms with E-state index in [4.69, 9.17) is 0 Å². The third-order valence-electron chi connectivity index (χ3n) is 4.30. The number of nitrogens with zero attached hydrogens (tertiary/aromatic N) is 1. The maximum absolute atomic E-state index is 13.0. The van der Waals surface area contributed by atoms with Crippen molar-refractivity contribution in [3.8, 4) is 0 Å². The van der Waals surface area contributed by atoms with Crippen molar-refractivity contribution in [2.75, 3.05) is 7.11 Å². The topological polar surface area (TPSA) is 63.7 Å². The van der Waals surface area contributed by atoms with Gasteiger partial charge in [-0.3, -0.25) is 0 Å². The van der Waals surface area contributed by atoms with E-state index < -0.39 is 16.0 Å². The van der Waals surface area contributed by atoms with Crippen molar-refractivity contribution < 1.29 is 17.9 Å². The summed E-state index contributed by atoms with van der Waals surface area (Å²) >= 11 is 0. The van der Waals surface area contributed by atoms with Crippen LogP contribution in [0.4, 0.5) is 0 Å². The van der Waals surface area contributed by atoms with E-state index in [1.54, 1.807) is 4.31 Å². The van der Waals surface area contributed by atoms with Crippen LogP contribution in [0, 0.1) is 6.92 Å². The Hall–Kier alpha value is -2.18. The van der Waals surface area contributed by atoms with E-state index >= 15 is 0 Å². The summed E-state index contributed by atoms with van der Waals surface area (Å²) in [6.07, 6.45) is 1.76. The molecule has 3 rings (SSSR count). The summed E-state index contributed by atoms with van der Waals surface area (Å²) in [5, 5.41) is 0. The van der Waals surface area contributed by atoms with Gasteiger partial charge in [0, 0.05) is 12.6 Å². The number of aryl methyl sites for hydroxylation is 1. The molecular weight excluding hydrogens is 338 g/mol. The average molecular weight is 359 g/mol. The van der Waals surface area contributed by atoms with E-state index in [1.165, 1.54) is 31.4 Å². The number of esters is 1. The van der Waals surface area contributed by atoms with Gasteiger partial charge in [-0.2, -0.15) is 4.31 Å². The molecule has 1 saturated carbocycles. The monoisotopic (exact) mass is 359 g/mol. The van der Waals surface area contributed by atoms with E-state index in [0.717, 1.165) is 24.0 Å². The molecular formula is C19H21NO4S. The highest BCUT2D eigenvalue weighted by Gasteiger charge is 2.38. The van der Waals surface area contributed by atoms with Gasteiger partial charge in [0.15, 0.2) is 0 Å². The molecule has 132 valence electrons. The van der Waals surface area contributed by atoms with Gasteiger partial charge in [-0.25, -0.2) is 13.2 Å². The van der Waals surface area contributed by atoms with Gasteiger partial charge in [0.1, 0.15) is 0 Å². The fourth-order valence-corrected chi connectivity index (χ4v) is 4.34. The first kappa shape index (κ1) is 17.6. The molecule has 0 radical (unpaired) electrons. The number of methoxy groups -OCH3 is 1. The largest absolute Gasteiger partial charge is 0.465 e. The lowest BCUT2D eigenvalue weighted by molar-refractivity contribution is 0.0600. The van der Waals surface area contributed by atoms with Gasteiger partial charge in [-0.15, -0.1) is 0 Å². The number of hydrogen-bond donors (Lipinski definition) is 0. The molecule has 1 aliphatic carbocycles. The third kappa shape index (κ3) is 3.91. The number of carbonyl (C=O) groups is 1.